The minimum absolute atomic E-state index is 0.00333. The fourth-order valence-electron chi connectivity index (χ4n) is 5.77. The van der Waals surface area contributed by atoms with Gasteiger partial charge < -0.3 is 28.7 Å². The van der Waals surface area contributed by atoms with Crippen molar-refractivity contribution >= 4 is 29.4 Å². The number of fused-ring (bicyclic) bond motifs is 2. The van der Waals surface area contributed by atoms with E-state index in [0.717, 1.165) is 48.6 Å². The summed E-state index contributed by atoms with van der Waals surface area (Å²) in [4.78, 5) is 42.2. The summed E-state index contributed by atoms with van der Waals surface area (Å²) in [6.45, 7) is 16.9. The first kappa shape index (κ1) is 29.5. The predicted molar refractivity (Wildman–Crippen MR) is 161 cm³/mol. The molecule has 5 heterocycles. The molecule has 0 radical (unpaired) electrons. The van der Waals surface area contributed by atoms with Gasteiger partial charge in [0.05, 0.1) is 30.2 Å². The number of anilines is 3. The van der Waals surface area contributed by atoms with Gasteiger partial charge in [-0.15, -0.1) is 0 Å². The second-order valence-electron chi connectivity index (χ2n) is 13.9. The Morgan fingerprint density at radius 3 is 2.21 bits per heavy atom. The van der Waals surface area contributed by atoms with E-state index in [1.54, 1.807) is 16.0 Å². The van der Waals surface area contributed by atoms with Crippen LogP contribution in [0.1, 0.15) is 96.2 Å². The number of carbonyl (C=O) groups is 2. The molecule has 1 aliphatic carbocycles. The van der Waals surface area contributed by atoms with Crippen LogP contribution in [-0.4, -0.2) is 77.6 Å². The number of hydrogen-bond donors (Lipinski definition) is 0. The maximum Gasteiger partial charge on any atom is 0.420 e. The van der Waals surface area contributed by atoms with Crippen molar-refractivity contribution in [3.63, 3.8) is 0 Å². The molecule has 43 heavy (non-hydrogen) atoms. The molecule has 2 aromatic rings. The number of pyridine rings is 2. The van der Waals surface area contributed by atoms with Crippen LogP contribution >= 0.6 is 0 Å². The molecule has 11 nitrogen and oxygen atoms in total. The van der Waals surface area contributed by atoms with Crippen molar-refractivity contribution in [2.75, 3.05) is 49.2 Å². The molecule has 0 aromatic carbocycles. The van der Waals surface area contributed by atoms with Crippen molar-refractivity contribution in [3.8, 4) is 5.75 Å². The van der Waals surface area contributed by atoms with Crippen molar-refractivity contribution < 1.29 is 28.5 Å². The highest BCUT2D eigenvalue weighted by molar-refractivity contribution is 5.99. The van der Waals surface area contributed by atoms with Gasteiger partial charge in [-0.3, -0.25) is 4.98 Å². The maximum absolute atomic E-state index is 14.1. The van der Waals surface area contributed by atoms with Gasteiger partial charge in [-0.2, -0.15) is 0 Å². The number of aromatic nitrogens is 2. The SMILES string of the molecule is CC1Oc2c(cc(C3CN(C(=O)OC(C)(C)C)C3)nc2C2CC2)N(C(=O)OC(C)(C)C)c2nccc(N3CCOCC3)c21. The van der Waals surface area contributed by atoms with Crippen molar-refractivity contribution in [1.82, 2.24) is 14.9 Å². The Kier molecular flexibility index (Phi) is 7.43. The van der Waals surface area contributed by atoms with Crippen LogP contribution in [0, 0.1) is 0 Å². The lowest BCUT2D eigenvalue weighted by molar-refractivity contribution is 0.00784. The van der Waals surface area contributed by atoms with Gasteiger partial charge in [0, 0.05) is 55.6 Å². The van der Waals surface area contributed by atoms with Gasteiger partial charge in [-0.25, -0.2) is 19.5 Å². The first-order valence-corrected chi connectivity index (χ1v) is 15.3. The first-order chi connectivity index (χ1) is 20.3. The smallest absolute Gasteiger partial charge is 0.420 e. The molecule has 6 rings (SSSR count). The summed E-state index contributed by atoms with van der Waals surface area (Å²) < 4.78 is 23.9. The van der Waals surface area contributed by atoms with Crippen molar-refractivity contribution in [2.45, 2.75) is 90.4 Å². The summed E-state index contributed by atoms with van der Waals surface area (Å²) in [5, 5.41) is 0. The number of nitrogens with zero attached hydrogens (tertiary/aromatic N) is 5. The zero-order valence-electron chi connectivity index (χ0n) is 26.3. The van der Waals surface area contributed by atoms with Gasteiger partial charge in [-0.1, -0.05) is 0 Å². The summed E-state index contributed by atoms with van der Waals surface area (Å²) in [5.41, 5.74) is 2.75. The normalized spacial score (nSPS) is 20.8. The average Bonchev–Trinajstić information content (AvgIpc) is 3.73. The van der Waals surface area contributed by atoms with Crippen LogP contribution in [-0.2, 0) is 14.2 Å². The van der Waals surface area contributed by atoms with E-state index >= 15 is 0 Å². The third-order valence-electron chi connectivity index (χ3n) is 7.94. The van der Waals surface area contributed by atoms with Crippen LogP contribution in [0.4, 0.5) is 26.8 Å². The molecule has 1 atom stereocenters. The van der Waals surface area contributed by atoms with Crippen LogP contribution in [0.15, 0.2) is 18.3 Å². The Balaban J connectivity index is 1.44. The third kappa shape index (κ3) is 6.09. The molecule has 2 aromatic heterocycles. The number of carbonyl (C=O) groups excluding carboxylic acids is 2. The molecule has 4 aliphatic rings. The maximum atomic E-state index is 14.1. The van der Waals surface area contributed by atoms with Gasteiger partial charge in [0.25, 0.3) is 0 Å². The lowest BCUT2D eigenvalue weighted by atomic mass is 9.95. The summed E-state index contributed by atoms with van der Waals surface area (Å²) >= 11 is 0. The molecule has 232 valence electrons. The Morgan fingerprint density at radius 2 is 1.58 bits per heavy atom. The summed E-state index contributed by atoms with van der Waals surface area (Å²) in [7, 11) is 0. The summed E-state index contributed by atoms with van der Waals surface area (Å²) in [6, 6.07) is 3.91. The second kappa shape index (κ2) is 10.8. The number of rotatable bonds is 3. The molecular weight excluding hydrogens is 550 g/mol. The van der Waals surface area contributed by atoms with Crippen LogP contribution in [0.2, 0.25) is 0 Å². The predicted octanol–water partition coefficient (Wildman–Crippen LogP) is 6.05. The highest BCUT2D eigenvalue weighted by atomic mass is 16.6. The van der Waals surface area contributed by atoms with Crippen LogP contribution in [0.5, 0.6) is 5.75 Å². The minimum Gasteiger partial charge on any atom is -0.482 e. The zero-order valence-corrected chi connectivity index (χ0v) is 26.3. The van der Waals surface area contributed by atoms with Crippen molar-refractivity contribution in [3.05, 3.63) is 35.3 Å². The number of hydrogen-bond acceptors (Lipinski definition) is 9. The lowest BCUT2D eigenvalue weighted by Crippen LogP contribution is -2.50. The van der Waals surface area contributed by atoms with Gasteiger partial charge in [-0.05, 0) is 73.4 Å². The third-order valence-corrected chi connectivity index (χ3v) is 7.94. The fourth-order valence-corrected chi connectivity index (χ4v) is 5.77. The molecule has 2 amide bonds. The van der Waals surface area contributed by atoms with E-state index in [0.29, 0.717) is 43.6 Å². The van der Waals surface area contributed by atoms with Gasteiger partial charge >= 0.3 is 12.2 Å². The largest absolute Gasteiger partial charge is 0.482 e. The van der Waals surface area contributed by atoms with E-state index in [-0.39, 0.29) is 17.9 Å². The van der Waals surface area contributed by atoms with Crippen LogP contribution < -0.4 is 14.5 Å². The average molecular weight is 594 g/mol. The van der Waals surface area contributed by atoms with Crippen molar-refractivity contribution in [1.29, 1.82) is 0 Å². The highest BCUT2D eigenvalue weighted by Gasteiger charge is 2.43. The summed E-state index contributed by atoms with van der Waals surface area (Å²) in [6.07, 6.45) is 2.50. The van der Waals surface area contributed by atoms with E-state index in [2.05, 4.69) is 4.90 Å². The zero-order chi connectivity index (χ0) is 30.7. The Morgan fingerprint density at radius 1 is 0.930 bits per heavy atom. The molecular formula is C32H43N5O6. The first-order valence-electron chi connectivity index (χ1n) is 15.3. The Bertz CT molecular complexity index is 1400. The molecule has 0 N–H and O–H groups in total. The fraction of sp³-hybridized carbons (Fsp3) is 0.625. The Hall–Kier alpha value is -3.60. The van der Waals surface area contributed by atoms with Gasteiger partial charge in [0.15, 0.2) is 11.6 Å². The lowest BCUT2D eigenvalue weighted by Gasteiger charge is -2.40. The number of amides is 2. The number of ether oxygens (including phenoxy) is 4. The topological polar surface area (TPSA) is 107 Å². The standard InChI is InChI=1S/C32H43N5O6/c1-19-25-23(35-12-14-40-15-13-35)10-11-33-28(25)37(30(39)43-32(5,6)7)24-16-22(34-26(20-8-9-20)27(24)41-19)21-17-36(18-21)29(38)42-31(2,3)4/h10-11,16,19-21H,8-9,12-15,17-18H2,1-7H3. The van der Waals surface area contributed by atoms with Crippen LogP contribution in [0.3, 0.4) is 0 Å². The van der Waals surface area contributed by atoms with E-state index in [4.69, 9.17) is 28.9 Å². The van der Waals surface area contributed by atoms with Crippen molar-refractivity contribution in [2.24, 2.45) is 0 Å². The van der Waals surface area contributed by atoms with Gasteiger partial charge in [0.1, 0.15) is 17.3 Å². The van der Waals surface area contributed by atoms with E-state index < -0.39 is 23.4 Å². The molecule has 2 saturated heterocycles. The molecule has 1 saturated carbocycles. The minimum atomic E-state index is -0.727. The van der Waals surface area contributed by atoms with E-state index in [1.165, 1.54) is 0 Å². The molecule has 0 spiro atoms. The highest BCUT2D eigenvalue weighted by Crippen LogP contribution is 2.53. The quantitative estimate of drug-likeness (QED) is 0.420. The molecule has 1 unspecified atom stereocenters. The monoisotopic (exact) mass is 593 g/mol. The van der Waals surface area contributed by atoms with Gasteiger partial charge in [0.2, 0.25) is 0 Å². The van der Waals surface area contributed by atoms with Crippen LogP contribution in [0.25, 0.3) is 0 Å². The Labute approximate surface area is 253 Å². The summed E-state index contributed by atoms with van der Waals surface area (Å²) in [5.74, 6) is 1.34. The number of morpholine rings is 1. The van der Waals surface area contributed by atoms with E-state index in [9.17, 15) is 9.59 Å². The number of likely N-dealkylation sites (tertiary alicyclic amines) is 1. The molecule has 3 fully saturated rings. The molecule has 11 heteroatoms. The molecule has 3 aliphatic heterocycles. The second-order valence-corrected chi connectivity index (χ2v) is 13.9. The van der Waals surface area contributed by atoms with E-state index in [1.807, 2.05) is 60.6 Å². The molecule has 0 bridgehead atoms.